The summed E-state index contributed by atoms with van der Waals surface area (Å²) < 4.78 is 10.4. The number of hydrogen-bond donors (Lipinski definition) is 2. The number of rotatable bonds is 3. The number of aromatic nitrogens is 6. The molecule has 0 saturated carbocycles. The molecule has 15 heteroatoms. The highest BCUT2D eigenvalue weighted by Crippen LogP contribution is 2.28. The van der Waals surface area contributed by atoms with Crippen LogP contribution in [0.2, 0.25) is 0 Å². The topological polar surface area (TPSA) is 196 Å². The fraction of sp³-hybridized carbons (Fsp3) is 0.0909. The van der Waals surface area contributed by atoms with E-state index in [0.29, 0.717) is 22.5 Å². The highest BCUT2D eigenvalue weighted by atomic mass is 127. The number of aromatic amines is 2. The SMILES string of the molecule is C.C.O=[N+]([O-])c1ccc2[nH]nc(-c3ncco3)c2c1.O=[N+]([O-])c1ccc2n[nH]c(I)c2c1.c1cocn1. The first-order chi connectivity index (χ1) is 16.9. The number of halogens is 1. The van der Waals surface area contributed by atoms with Crippen molar-refractivity contribution in [1.82, 2.24) is 30.4 Å². The van der Waals surface area contributed by atoms with Gasteiger partial charge in [0.1, 0.15) is 16.2 Å². The molecule has 0 atom stereocenters. The normalized spacial score (nSPS) is 9.76. The van der Waals surface area contributed by atoms with Crippen molar-refractivity contribution in [2.75, 3.05) is 0 Å². The molecule has 14 nitrogen and oxygen atoms in total. The van der Waals surface area contributed by atoms with Crippen molar-refractivity contribution in [2.24, 2.45) is 0 Å². The number of H-pyrrole nitrogens is 2. The number of non-ortho nitro benzene ring substituents is 2. The number of nitro benzene ring substituents is 2. The molecule has 4 heterocycles. The summed E-state index contributed by atoms with van der Waals surface area (Å²) in [6.07, 6.45) is 7.39. The van der Waals surface area contributed by atoms with Crippen molar-refractivity contribution in [3.8, 4) is 11.6 Å². The fourth-order valence-electron chi connectivity index (χ4n) is 2.88. The molecule has 37 heavy (non-hydrogen) atoms. The Morgan fingerprint density at radius 3 is 2.14 bits per heavy atom. The summed E-state index contributed by atoms with van der Waals surface area (Å²) in [5, 5.41) is 36.1. The van der Waals surface area contributed by atoms with Crippen molar-refractivity contribution >= 4 is 55.8 Å². The molecule has 2 aromatic carbocycles. The van der Waals surface area contributed by atoms with E-state index < -0.39 is 9.85 Å². The molecule has 0 unspecified atom stereocenters. The smallest absolute Gasteiger partial charge is 0.270 e. The molecule has 0 radical (unpaired) electrons. The average molecular weight is 620 g/mol. The van der Waals surface area contributed by atoms with Gasteiger partial charge in [-0.25, -0.2) is 9.97 Å². The first-order valence-corrected chi connectivity index (χ1v) is 10.6. The molecule has 192 valence electrons. The van der Waals surface area contributed by atoms with E-state index in [4.69, 9.17) is 4.42 Å². The van der Waals surface area contributed by atoms with E-state index in [9.17, 15) is 20.2 Å². The zero-order chi connectivity index (χ0) is 24.8. The van der Waals surface area contributed by atoms with Crippen LogP contribution in [-0.2, 0) is 0 Å². The van der Waals surface area contributed by atoms with E-state index in [0.717, 1.165) is 14.6 Å². The van der Waals surface area contributed by atoms with E-state index >= 15 is 0 Å². The van der Waals surface area contributed by atoms with Crippen LogP contribution in [0.1, 0.15) is 14.9 Å². The Balaban J connectivity index is 0.000000214. The van der Waals surface area contributed by atoms with Crippen LogP contribution in [-0.4, -0.2) is 40.2 Å². The zero-order valence-electron chi connectivity index (χ0n) is 17.4. The molecule has 6 aromatic rings. The second kappa shape index (κ2) is 12.9. The maximum atomic E-state index is 10.7. The number of nitro groups is 2. The van der Waals surface area contributed by atoms with Gasteiger partial charge in [-0.1, -0.05) is 14.9 Å². The third-order valence-electron chi connectivity index (χ3n) is 4.44. The van der Waals surface area contributed by atoms with Crippen LogP contribution in [0.25, 0.3) is 33.4 Å². The van der Waals surface area contributed by atoms with Crippen molar-refractivity contribution in [3.05, 3.63) is 91.6 Å². The largest absolute Gasteiger partial charge is 0.452 e. The Hall–Kier alpha value is -4.67. The predicted molar refractivity (Wildman–Crippen MR) is 144 cm³/mol. The lowest BCUT2D eigenvalue weighted by Crippen LogP contribution is -1.86. The van der Waals surface area contributed by atoms with Gasteiger partial charge in [0.25, 0.3) is 11.4 Å². The summed E-state index contributed by atoms with van der Waals surface area (Å²) >= 11 is 2.05. The summed E-state index contributed by atoms with van der Waals surface area (Å²) in [6, 6.07) is 9.05. The maximum absolute atomic E-state index is 10.7. The summed E-state index contributed by atoms with van der Waals surface area (Å²) in [5.41, 5.74) is 2.01. The first-order valence-electron chi connectivity index (χ1n) is 9.56. The second-order valence-electron chi connectivity index (χ2n) is 6.57. The fourth-order valence-corrected chi connectivity index (χ4v) is 3.43. The second-order valence-corrected chi connectivity index (χ2v) is 7.65. The molecule has 0 bridgehead atoms. The lowest BCUT2D eigenvalue weighted by atomic mass is 10.2. The predicted octanol–water partition coefficient (Wildman–Crippen LogP) is 6.15. The standard InChI is InChI=1S/C10H6N4O3.C7H4IN3O2.C3H3NO.2CH4/c15-14(16)6-1-2-8-7(5-6)9(13-12-8)10-11-3-4-17-10;8-7-5-3-4(11(12)13)1-2-6(5)9-10-7;1-2-5-3-4-1;;/h1-5H,(H,12,13);1-3H,(H,9,10);1-3H;2*1H4. The highest BCUT2D eigenvalue weighted by molar-refractivity contribution is 14.1. The summed E-state index contributed by atoms with van der Waals surface area (Å²) in [7, 11) is 0. The Kier molecular flexibility index (Phi) is 9.93. The molecule has 0 amide bonds. The molecule has 2 N–H and O–H groups in total. The van der Waals surface area contributed by atoms with Crippen molar-refractivity contribution in [1.29, 1.82) is 0 Å². The number of fused-ring (bicyclic) bond motifs is 2. The van der Waals surface area contributed by atoms with Crippen LogP contribution in [0, 0.1) is 23.9 Å². The number of oxazole rings is 2. The summed E-state index contributed by atoms with van der Waals surface area (Å²) in [4.78, 5) is 27.8. The number of hydrogen-bond acceptors (Lipinski definition) is 10. The lowest BCUT2D eigenvalue weighted by molar-refractivity contribution is -0.384. The van der Waals surface area contributed by atoms with E-state index in [-0.39, 0.29) is 26.2 Å². The average Bonchev–Trinajstić information content (AvgIpc) is 3.67. The molecule has 0 saturated heterocycles. The monoisotopic (exact) mass is 620 g/mol. The van der Waals surface area contributed by atoms with Crippen molar-refractivity contribution in [3.63, 3.8) is 0 Å². The zero-order valence-corrected chi connectivity index (χ0v) is 19.5. The Bertz CT molecular complexity index is 1560. The molecule has 4 aromatic heterocycles. The van der Waals surface area contributed by atoms with Gasteiger partial charge in [0, 0.05) is 35.0 Å². The van der Waals surface area contributed by atoms with Gasteiger partial charge in [-0.2, -0.15) is 10.2 Å². The van der Waals surface area contributed by atoms with Crippen LogP contribution in [0.3, 0.4) is 0 Å². The van der Waals surface area contributed by atoms with E-state index in [2.05, 4.69) is 57.4 Å². The molecule has 0 aliphatic rings. The quantitative estimate of drug-likeness (QED) is 0.132. The van der Waals surface area contributed by atoms with Gasteiger partial charge >= 0.3 is 0 Å². The van der Waals surface area contributed by atoms with Crippen LogP contribution in [0.15, 0.2) is 76.5 Å². The minimum absolute atomic E-state index is 0. The van der Waals surface area contributed by atoms with Gasteiger partial charge in [-0.3, -0.25) is 30.4 Å². The number of nitrogens with one attached hydrogen (secondary N) is 2. The first kappa shape index (κ1) is 28.6. The molecule has 0 aliphatic heterocycles. The van der Waals surface area contributed by atoms with Gasteiger partial charge < -0.3 is 8.83 Å². The van der Waals surface area contributed by atoms with Crippen LogP contribution in [0.5, 0.6) is 0 Å². The minimum Gasteiger partial charge on any atom is -0.452 e. The van der Waals surface area contributed by atoms with E-state index in [1.165, 1.54) is 49.4 Å². The minimum atomic E-state index is -0.453. The number of nitrogens with zero attached hydrogens (tertiary/aromatic N) is 6. The number of benzene rings is 2. The maximum Gasteiger partial charge on any atom is 0.270 e. The third kappa shape index (κ3) is 6.72. The van der Waals surface area contributed by atoms with Crippen LogP contribution >= 0.6 is 22.6 Å². The molecular formula is C22H21IN8O6. The summed E-state index contributed by atoms with van der Waals surface area (Å²) in [6.45, 7) is 0. The highest BCUT2D eigenvalue weighted by Gasteiger charge is 2.15. The molecule has 0 spiro atoms. The Labute approximate surface area is 222 Å². The van der Waals surface area contributed by atoms with Gasteiger partial charge in [-0.05, 0) is 34.7 Å². The Morgan fingerprint density at radius 1 is 0.865 bits per heavy atom. The lowest BCUT2D eigenvalue weighted by Gasteiger charge is -1.92. The van der Waals surface area contributed by atoms with Crippen molar-refractivity contribution < 1.29 is 18.7 Å². The third-order valence-corrected chi connectivity index (χ3v) is 5.26. The van der Waals surface area contributed by atoms with Gasteiger partial charge in [0.2, 0.25) is 5.89 Å². The van der Waals surface area contributed by atoms with Gasteiger partial charge in [0.15, 0.2) is 12.1 Å². The molecule has 6 rings (SSSR count). The molecular weight excluding hydrogens is 599 g/mol. The molecule has 0 aliphatic carbocycles. The van der Waals surface area contributed by atoms with Crippen LogP contribution < -0.4 is 0 Å². The molecule has 0 fully saturated rings. The van der Waals surface area contributed by atoms with E-state index in [1.807, 2.05) is 0 Å². The van der Waals surface area contributed by atoms with Gasteiger partial charge in [-0.15, -0.1) is 0 Å². The van der Waals surface area contributed by atoms with E-state index in [1.54, 1.807) is 18.3 Å². The summed E-state index contributed by atoms with van der Waals surface area (Å²) in [5.74, 6) is 0.330. The van der Waals surface area contributed by atoms with Crippen LogP contribution in [0.4, 0.5) is 11.4 Å². The Morgan fingerprint density at radius 2 is 1.57 bits per heavy atom. The van der Waals surface area contributed by atoms with Crippen molar-refractivity contribution in [2.45, 2.75) is 14.9 Å². The van der Waals surface area contributed by atoms with Gasteiger partial charge in [0.05, 0.1) is 33.3 Å².